The van der Waals surface area contributed by atoms with Crippen molar-refractivity contribution in [2.75, 3.05) is 13.1 Å². The van der Waals surface area contributed by atoms with E-state index in [0.29, 0.717) is 13.1 Å². The van der Waals surface area contributed by atoms with Gasteiger partial charge in [-0.05, 0) is 0 Å². The van der Waals surface area contributed by atoms with Gasteiger partial charge in [0.2, 0.25) is 5.91 Å². The van der Waals surface area contributed by atoms with Crippen LogP contribution in [0.2, 0.25) is 0 Å². The first-order chi connectivity index (χ1) is 7.24. The highest BCUT2D eigenvalue weighted by Crippen LogP contribution is 2.05. The molecule has 1 heterocycles. The molecule has 0 aliphatic carbocycles. The van der Waals surface area contributed by atoms with Crippen molar-refractivity contribution in [2.45, 2.75) is 13.0 Å². The molecule has 15 heavy (non-hydrogen) atoms. The van der Waals surface area contributed by atoms with E-state index in [0.717, 1.165) is 5.69 Å². The van der Waals surface area contributed by atoms with Crippen molar-refractivity contribution in [1.82, 2.24) is 20.6 Å². The Bertz CT molecular complexity index is 340. The fraction of sp³-hybridized carbons (Fsp3) is 0.444. The fourth-order valence-electron chi connectivity index (χ4n) is 1.10. The lowest BCUT2D eigenvalue weighted by Crippen LogP contribution is -2.32. The van der Waals surface area contributed by atoms with Crippen molar-refractivity contribution in [2.24, 2.45) is 0 Å². The number of rotatable bonds is 5. The second-order valence-corrected chi connectivity index (χ2v) is 3.01. The minimum Gasteiger partial charge on any atom is -0.355 e. The molecule has 0 spiro atoms. The Kier molecular flexibility index (Phi) is 4.31. The summed E-state index contributed by atoms with van der Waals surface area (Å²) in [5, 5.41) is 14.5. The van der Waals surface area contributed by atoms with Crippen molar-refractivity contribution < 1.29 is 4.79 Å². The van der Waals surface area contributed by atoms with Crippen molar-refractivity contribution in [3.63, 3.8) is 0 Å². The van der Waals surface area contributed by atoms with Crippen molar-refractivity contribution in [3.8, 4) is 6.07 Å². The van der Waals surface area contributed by atoms with Gasteiger partial charge in [-0.15, -0.1) is 0 Å². The minimum absolute atomic E-state index is 0.0770. The summed E-state index contributed by atoms with van der Waals surface area (Å²) in [5.74, 6) is -0.0770. The van der Waals surface area contributed by atoms with E-state index in [1.807, 2.05) is 0 Å². The van der Waals surface area contributed by atoms with E-state index in [9.17, 15) is 4.79 Å². The van der Waals surface area contributed by atoms with Crippen LogP contribution in [0.25, 0.3) is 0 Å². The van der Waals surface area contributed by atoms with E-state index in [1.54, 1.807) is 6.20 Å². The second-order valence-electron chi connectivity index (χ2n) is 3.01. The summed E-state index contributed by atoms with van der Waals surface area (Å²) in [5.41, 5.74) is 0.723. The van der Waals surface area contributed by atoms with Gasteiger partial charge in [-0.2, -0.15) is 5.26 Å². The van der Waals surface area contributed by atoms with E-state index in [4.69, 9.17) is 5.26 Å². The maximum atomic E-state index is 10.6. The first-order valence-electron chi connectivity index (χ1n) is 4.59. The molecular weight excluding hydrogens is 194 g/mol. The maximum Gasteiger partial charge on any atom is 0.216 e. The van der Waals surface area contributed by atoms with Gasteiger partial charge in [0, 0.05) is 20.0 Å². The number of carbonyl (C=O) groups is 1. The standard InChI is InChI=1S/C9H13N5O/c1-7(15)12-2-3-13-8(4-10)9-5-11-6-14-9/h5-6,8,13H,2-3H2,1H3,(H,11,14)(H,12,15). The molecule has 0 aromatic carbocycles. The summed E-state index contributed by atoms with van der Waals surface area (Å²) < 4.78 is 0. The van der Waals surface area contributed by atoms with Gasteiger partial charge in [-0.25, -0.2) is 4.98 Å². The molecule has 1 rings (SSSR count). The number of hydrogen-bond acceptors (Lipinski definition) is 4. The predicted molar refractivity (Wildman–Crippen MR) is 53.6 cm³/mol. The average molecular weight is 207 g/mol. The molecule has 1 atom stereocenters. The Hall–Kier alpha value is -1.87. The lowest BCUT2D eigenvalue weighted by Gasteiger charge is -2.09. The van der Waals surface area contributed by atoms with Gasteiger partial charge in [-0.3, -0.25) is 10.1 Å². The molecule has 6 heteroatoms. The van der Waals surface area contributed by atoms with Gasteiger partial charge in [0.15, 0.2) is 0 Å². The van der Waals surface area contributed by atoms with Crippen LogP contribution in [0.3, 0.4) is 0 Å². The van der Waals surface area contributed by atoms with E-state index >= 15 is 0 Å². The molecule has 0 radical (unpaired) electrons. The number of imidazole rings is 1. The summed E-state index contributed by atoms with van der Waals surface area (Å²) in [6, 6.07) is 1.68. The first kappa shape index (κ1) is 11.2. The molecule has 3 N–H and O–H groups in total. The van der Waals surface area contributed by atoms with Gasteiger partial charge < -0.3 is 10.3 Å². The summed E-state index contributed by atoms with van der Waals surface area (Å²) in [6.45, 7) is 2.50. The molecule has 0 saturated heterocycles. The fourth-order valence-corrected chi connectivity index (χ4v) is 1.10. The lowest BCUT2D eigenvalue weighted by atomic mass is 10.2. The largest absolute Gasteiger partial charge is 0.355 e. The van der Waals surface area contributed by atoms with Crippen molar-refractivity contribution in [1.29, 1.82) is 5.26 Å². The summed E-state index contributed by atoms with van der Waals surface area (Å²) in [4.78, 5) is 17.3. The molecule has 1 unspecified atom stereocenters. The van der Waals surface area contributed by atoms with Gasteiger partial charge >= 0.3 is 0 Å². The molecule has 0 aliphatic heterocycles. The van der Waals surface area contributed by atoms with E-state index in [-0.39, 0.29) is 5.91 Å². The molecule has 80 valence electrons. The van der Waals surface area contributed by atoms with E-state index in [1.165, 1.54) is 13.3 Å². The van der Waals surface area contributed by atoms with Crippen molar-refractivity contribution >= 4 is 5.91 Å². The number of amides is 1. The molecule has 1 aromatic rings. The zero-order chi connectivity index (χ0) is 11.1. The number of nitrogens with zero attached hydrogens (tertiary/aromatic N) is 2. The summed E-state index contributed by atoms with van der Waals surface area (Å²) in [6.07, 6.45) is 3.12. The smallest absolute Gasteiger partial charge is 0.216 e. The third-order valence-corrected chi connectivity index (χ3v) is 1.81. The molecule has 0 aliphatic rings. The zero-order valence-corrected chi connectivity index (χ0v) is 8.45. The van der Waals surface area contributed by atoms with E-state index in [2.05, 4.69) is 26.7 Å². The number of aromatic amines is 1. The van der Waals surface area contributed by atoms with Crippen molar-refractivity contribution in [3.05, 3.63) is 18.2 Å². The highest BCUT2D eigenvalue weighted by atomic mass is 16.1. The van der Waals surface area contributed by atoms with Crippen LogP contribution >= 0.6 is 0 Å². The minimum atomic E-state index is -0.416. The Morgan fingerprint density at radius 1 is 1.73 bits per heavy atom. The summed E-state index contributed by atoms with van der Waals surface area (Å²) >= 11 is 0. The average Bonchev–Trinajstić information content (AvgIpc) is 2.70. The lowest BCUT2D eigenvalue weighted by molar-refractivity contribution is -0.118. The van der Waals surface area contributed by atoms with Gasteiger partial charge in [0.05, 0.1) is 24.3 Å². The number of nitriles is 1. The highest BCUT2D eigenvalue weighted by molar-refractivity contribution is 5.72. The Morgan fingerprint density at radius 3 is 3.07 bits per heavy atom. The molecular formula is C9H13N5O. The van der Waals surface area contributed by atoms with Crippen LogP contribution in [0.15, 0.2) is 12.5 Å². The van der Waals surface area contributed by atoms with Crippen LogP contribution in [0, 0.1) is 11.3 Å². The SMILES string of the molecule is CC(=O)NCCNC(C#N)c1cnc[nH]1. The normalized spacial score (nSPS) is 11.7. The molecule has 0 bridgehead atoms. The van der Waals surface area contributed by atoms with Crippen LogP contribution in [0.1, 0.15) is 18.7 Å². The maximum absolute atomic E-state index is 10.6. The molecule has 1 aromatic heterocycles. The van der Waals surface area contributed by atoms with Crippen LogP contribution in [0.4, 0.5) is 0 Å². The molecule has 0 fully saturated rings. The van der Waals surface area contributed by atoms with Crippen LogP contribution in [-0.4, -0.2) is 29.0 Å². The number of aromatic nitrogens is 2. The van der Waals surface area contributed by atoms with E-state index < -0.39 is 6.04 Å². The second kappa shape index (κ2) is 5.78. The van der Waals surface area contributed by atoms with Gasteiger partial charge in [-0.1, -0.05) is 0 Å². The Morgan fingerprint density at radius 2 is 2.53 bits per heavy atom. The molecule has 1 amide bonds. The predicted octanol–water partition coefficient (Wildman–Crippen LogP) is -0.300. The number of nitrogens with one attached hydrogen (secondary N) is 3. The van der Waals surface area contributed by atoms with Crippen LogP contribution in [0.5, 0.6) is 0 Å². The zero-order valence-electron chi connectivity index (χ0n) is 8.45. The molecule has 6 nitrogen and oxygen atoms in total. The van der Waals surface area contributed by atoms with Crippen LogP contribution in [-0.2, 0) is 4.79 Å². The quantitative estimate of drug-likeness (QED) is 0.578. The third-order valence-electron chi connectivity index (χ3n) is 1.81. The Labute approximate surface area is 87.7 Å². The van der Waals surface area contributed by atoms with Gasteiger partial charge in [0.1, 0.15) is 6.04 Å². The highest BCUT2D eigenvalue weighted by Gasteiger charge is 2.09. The van der Waals surface area contributed by atoms with Crippen LogP contribution < -0.4 is 10.6 Å². The summed E-state index contributed by atoms with van der Waals surface area (Å²) in [7, 11) is 0. The monoisotopic (exact) mass is 207 g/mol. The third kappa shape index (κ3) is 3.79. The first-order valence-corrected chi connectivity index (χ1v) is 4.59. The topological polar surface area (TPSA) is 93.6 Å². The molecule has 0 saturated carbocycles. The Balaban J connectivity index is 2.30. The van der Waals surface area contributed by atoms with Gasteiger partial charge in [0.25, 0.3) is 0 Å². The number of carbonyl (C=O) groups excluding carboxylic acids is 1. The number of H-pyrrole nitrogens is 1. The number of hydrogen-bond donors (Lipinski definition) is 3.